The summed E-state index contributed by atoms with van der Waals surface area (Å²) in [4.78, 5) is 0. The summed E-state index contributed by atoms with van der Waals surface area (Å²) in [7, 11) is 0. The van der Waals surface area contributed by atoms with E-state index in [1.807, 2.05) is 0 Å². The topological polar surface area (TPSA) is 9.86 Å². The Morgan fingerprint density at radius 2 is 0.682 bits per heavy atom. The minimum absolute atomic E-state index is 1.15. The average molecular weight is 561 g/mol. The van der Waals surface area contributed by atoms with Crippen LogP contribution in [0.2, 0.25) is 0 Å². The van der Waals surface area contributed by atoms with Gasteiger partial charge in [-0.2, -0.15) is 0 Å². The van der Waals surface area contributed by atoms with Crippen LogP contribution in [-0.2, 0) is 0 Å². The van der Waals surface area contributed by atoms with E-state index in [2.05, 4.69) is 179 Å². The molecular weight excluding hydrogens is 532 g/mol. The fourth-order valence-electron chi connectivity index (χ4n) is 6.98. The lowest BCUT2D eigenvalue weighted by Crippen LogP contribution is -1.97. The van der Waals surface area contributed by atoms with Gasteiger partial charge in [0, 0.05) is 32.9 Å². The van der Waals surface area contributed by atoms with Crippen LogP contribution < -0.4 is 0 Å². The number of hydrogen-bond acceptors (Lipinski definition) is 0. The van der Waals surface area contributed by atoms with Crippen LogP contribution >= 0.6 is 0 Å². The van der Waals surface area contributed by atoms with Crippen LogP contribution in [-0.4, -0.2) is 9.13 Å². The summed E-state index contributed by atoms with van der Waals surface area (Å²) in [6.45, 7) is 0. The standard InChI is InChI=1S/C42H28N2/c1-3-13-29(14-4-1)33-25-23-31(27-37(33)30-15-5-2-6-16-30)44-41-22-12-9-19-36(41)38-28-32(24-26-42(38)44)43-39-20-10-7-17-34(39)35-18-8-11-21-40(35)43/h1-28H. The van der Waals surface area contributed by atoms with Crippen LogP contribution in [0.4, 0.5) is 0 Å². The number of fused-ring (bicyclic) bond motifs is 6. The summed E-state index contributed by atoms with van der Waals surface area (Å²) < 4.78 is 4.82. The van der Waals surface area contributed by atoms with Crippen molar-refractivity contribution in [3.63, 3.8) is 0 Å². The molecular formula is C42H28N2. The summed E-state index contributed by atoms with van der Waals surface area (Å²) in [6, 6.07) is 61.4. The number of aromatic nitrogens is 2. The average Bonchev–Trinajstić information content (AvgIpc) is 3.61. The van der Waals surface area contributed by atoms with Crippen molar-refractivity contribution in [3.8, 4) is 33.6 Å². The Morgan fingerprint density at radius 1 is 0.273 bits per heavy atom. The lowest BCUT2D eigenvalue weighted by atomic mass is 9.94. The molecule has 0 aliphatic heterocycles. The van der Waals surface area contributed by atoms with Gasteiger partial charge in [-0.25, -0.2) is 0 Å². The normalized spacial score (nSPS) is 11.6. The molecule has 0 saturated carbocycles. The SMILES string of the molecule is c1ccc(-c2ccc(-n3c4ccccc4c4cc(-n5c6ccccc6c6ccccc65)ccc43)cc2-c2ccccc2)cc1. The van der Waals surface area contributed by atoms with Gasteiger partial charge in [-0.1, -0.05) is 121 Å². The smallest absolute Gasteiger partial charge is 0.0542 e. The van der Waals surface area contributed by atoms with Crippen molar-refractivity contribution in [2.24, 2.45) is 0 Å². The maximum Gasteiger partial charge on any atom is 0.0542 e. The van der Waals surface area contributed by atoms with Gasteiger partial charge < -0.3 is 9.13 Å². The third kappa shape index (κ3) is 3.75. The highest BCUT2D eigenvalue weighted by molar-refractivity contribution is 6.12. The molecule has 0 aliphatic carbocycles. The molecule has 0 fully saturated rings. The van der Waals surface area contributed by atoms with Gasteiger partial charge in [0.2, 0.25) is 0 Å². The predicted molar refractivity (Wildman–Crippen MR) is 186 cm³/mol. The minimum Gasteiger partial charge on any atom is -0.309 e. The highest BCUT2D eigenvalue weighted by atomic mass is 15.0. The Balaban J connectivity index is 1.30. The first-order valence-electron chi connectivity index (χ1n) is 15.1. The maximum absolute atomic E-state index is 2.42. The first-order chi connectivity index (χ1) is 21.8. The van der Waals surface area contributed by atoms with E-state index in [0.717, 1.165) is 5.69 Å². The largest absolute Gasteiger partial charge is 0.309 e. The molecule has 0 amide bonds. The van der Waals surface area contributed by atoms with Crippen molar-refractivity contribution in [1.82, 2.24) is 9.13 Å². The zero-order valence-corrected chi connectivity index (χ0v) is 24.1. The summed E-state index contributed by atoms with van der Waals surface area (Å²) in [5.74, 6) is 0. The van der Waals surface area contributed by atoms with Gasteiger partial charge in [0.1, 0.15) is 0 Å². The number of rotatable bonds is 4. The Kier molecular flexibility index (Phi) is 5.54. The van der Waals surface area contributed by atoms with Gasteiger partial charge in [-0.3, -0.25) is 0 Å². The molecule has 0 aliphatic rings. The summed E-state index contributed by atoms with van der Waals surface area (Å²) in [5, 5.41) is 5.04. The highest BCUT2D eigenvalue weighted by Crippen LogP contribution is 2.39. The third-order valence-corrected chi connectivity index (χ3v) is 8.93. The Morgan fingerprint density at radius 3 is 1.25 bits per heavy atom. The zero-order chi connectivity index (χ0) is 29.0. The second kappa shape index (κ2) is 9.86. The van der Waals surface area contributed by atoms with E-state index in [1.165, 1.54) is 71.6 Å². The molecule has 0 bridgehead atoms. The molecule has 0 saturated heterocycles. The first kappa shape index (κ1) is 24.7. The fourth-order valence-corrected chi connectivity index (χ4v) is 6.98. The van der Waals surface area contributed by atoms with Crippen molar-refractivity contribution in [2.45, 2.75) is 0 Å². The molecule has 0 N–H and O–H groups in total. The molecule has 0 spiro atoms. The van der Waals surface area contributed by atoms with E-state index in [0.29, 0.717) is 0 Å². The van der Waals surface area contributed by atoms with E-state index in [1.54, 1.807) is 0 Å². The van der Waals surface area contributed by atoms with Crippen molar-refractivity contribution in [3.05, 3.63) is 170 Å². The summed E-state index contributed by atoms with van der Waals surface area (Å²) in [5.41, 5.74) is 12.1. The van der Waals surface area contributed by atoms with Crippen LogP contribution in [0.1, 0.15) is 0 Å². The molecule has 2 nitrogen and oxygen atoms in total. The monoisotopic (exact) mass is 560 g/mol. The van der Waals surface area contributed by atoms with E-state index in [9.17, 15) is 0 Å². The van der Waals surface area contributed by atoms with Crippen LogP contribution in [0.5, 0.6) is 0 Å². The summed E-state index contributed by atoms with van der Waals surface area (Å²) >= 11 is 0. The molecule has 0 radical (unpaired) electrons. The van der Waals surface area contributed by atoms with Gasteiger partial charge in [-0.15, -0.1) is 0 Å². The molecule has 9 rings (SSSR count). The highest BCUT2D eigenvalue weighted by Gasteiger charge is 2.17. The second-order valence-electron chi connectivity index (χ2n) is 11.4. The molecule has 2 heteroatoms. The molecule has 2 aromatic heterocycles. The molecule has 9 aromatic rings. The Labute approximate surface area is 255 Å². The third-order valence-electron chi connectivity index (χ3n) is 8.93. The van der Waals surface area contributed by atoms with Crippen molar-refractivity contribution in [2.75, 3.05) is 0 Å². The number of nitrogens with zero attached hydrogens (tertiary/aromatic N) is 2. The second-order valence-corrected chi connectivity index (χ2v) is 11.4. The minimum atomic E-state index is 1.15. The summed E-state index contributed by atoms with van der Waals surface area (Å²) in [6.07, 6.45) is 0. The van der Waals surface area contributed by atoms with E-state index >= 15 is 0 Å². The first-order valence-corrected chi connectivity index (χ1v) is 15.1. The zero-order valence-electron chi connectivity index (χ0n) is 24.1. The van der Waals surface area contributed by atoms with Crippen molar-refractivity contribution >= 4 is 43.6 Å². The van der Waals surface area contributed by atoms with Crippen molar-refractivity contribution in [1.29, 1.82) is 0 Å². The van der Waals surface area contributed by atoms with E-state index < -0.39 is 0 Å². The molecule has 206 valence electrons. The fraction of sp³-hybridized carbons (Fsp3) is 0. The van der Waals surface area contributed by atoms with Gasteiger partial charge in [0.05, 0.1) is 22.1 Å². The molecule has 44 heavy (non-hydrogen) atoms. The Hall–Kier alpha value is -5.86. The van der Waals surface area contributed by atoms with Crippen molar-refractivity contribution < 1.29 is 0 Å². The van der Waals surface area contributed by atoms with E-state index in [-0.39, 0.29) is 0 Å². The maximum atomic E-state index is 2.42. The van der Waals surface area contributed by atoms with Crippen LogP contribution in [0.15, 0.2) is 170 Å². The van der Waals surface area contributed by atoms with Crippen LogP contribution in [0, 0.1) is 0 Å². The predicted octanol–water partition coefficient (Wildman–Crippen LogP) is 11.2. The lowest BCUT2D eigenvalue weighted by Gasteiger charge is -2.15. The van der Waals surface area contributed by atoms with Gasteiger partial charge in [-0.05, 0) is 70.8 Å². The molecule has 0 unspecified atom stereocenters. The van der Waals surface area contributed by atoms with E-state index in [4.69, 9.17) is 0 Å². The lowest BCUT2D eigenvalue weighted by molar-refractivity contribution is 1.17. The molecule has 2 heterocycles. The quantitative estimate of drug-likeness (QED) is 0.203. The number of benzene rings is 7. The Bertz CT molecular complexity index is 2430. The molecule has 7 aromatic carbocycles. The van der Waals surface area contributed by atoms with Gasteiger partial charge >= 0.3 is 0 Å². The van der Waals surface area contributed by atoms with Gasteiger partial charge in [0.25, 0.3) is 0 Å². The van der Waals surface area contributed by atoms with Gasteiger partial charge in [0.15, 0.2) is 0 Å². The van der Waals surface area contributed by atoms with Crippen LogP contribution in [0.25, 0.3) is 77.2 Å². The number of para-hydroxylation sites is 3. The number of hydrogen-bond donors (Lipinski definition) is 0. The molecule has 0 atom stereocenters. The van der Waals surface area contributed by atoms with Crippen LogP contribution in [0.3, 0.4) is 0 Å².